The molecule has 0 aliphatic carbocycles. The zero-order valence-electron chi connectivity index (χ0n) is 13.2. The van der Waals surface area contributed by atoms with Gasteiger partial charge in [-0.1, -0.05) is 18.2 Å². The molecule has 2 heterocycles. The van der Waals surface area contributed by atoms with E-state index in [4.69, 9.17) is 4.74 Å². The molecular weight excluding hydrogens is 294 g/mol. The van der Waals surface area contributed by atoms with Gasteiger partial charge < -0.3 is 15.2 Å². The summed E-state index contributed by atoms with van der Waals surface area (Å²) in [5.74, 6) is -0.439. The zero-order valence-corrected chi connectivity index (χ0v) is 13.2. The summed E-state index contributed by atoms with van der Waals surface area (Å²) in [4.78, 5) is 20.4. The van der Waals surface area contributed by atoms with E-state index in [-0.39, 0.29) is 0 Å². The summed E-state index contributed by atoms with van der Waals surface area (Å²) in [6.45, 7) is 3.65. The van der Waals surface area contributed by atoms with Crippen LogP contribution in [0.25, 0.3) is 10.9 Å². The molecule has 3 rings (SSSR count). The van der Waals surface area contributed by atoms with Crippen LogP contribution in [0.1, 0.15) is 18.5 Å². The van der Waals surface area contributed by atoms with E-state index in [1.54, 1.807) is 0 Å². The maximum Gasteiger partial charge on any atom is 0.308 e. The third-order valence-electron chi connectivity index (χ3n) is 4.29. The van der Waals surface area contributed by atoms with Crippen LogP contribution in [-0.4, -0.2) is 40.8 Å². The number of fused-ring (bicyclic) bond motifs is 1. The van der Waals surface area contributed by atoms with Gasteiger partial charge in [0.05, 0.1) is 17.1 Å². The van der Waals surface area contributed by atoms with Crippen molar-refractivity contribution >= 4 is 22.8 Å². The monoisotopic (exact) mass is 315 g/mol. The van der Waals surface area contributed by atoms with Gasteiger partial charge in [0.2, 0.25) is 5.95 Å². The minimum atomic E-state index is -0.790. The van der Waals surface area contributed by atoms with E-state index in [2.05, 4.69) is 15.3 Å². The molecule has 0 amide bonds. The van der Waals surface area contributed by atoms with Crippen molar-refractivity contribution in [3.63, 3.8) is 0 Å². The van der Waals surface area contributed by atoms with Gasteiger partial charge in [0.25, 0.3) is 0 Å². The fraction of sp³-hybridized carbons (Fsp3) is 0.471. The number of aryl methyl sites for hydroxylation is 1. The van der Waals surface area contributed by atoms with Crippen molar-refractivity contribution in [3.05, 3.63) is 30.0 Å². The summed E-state index contributed by atoms with van der Waals surface area (Å²) in [5.41, 5.74) is 1.74. The van der Waals surface area contributed by atoms with Crippen LogP contribution in [0, 0.1) is 18.8 Å². The minimum Gasteiger partial charge on any atom is -0.481 e. The number of nitrogens with zero attached hydrogens (tertiary/aromatic N) is 2. The second-order valence-electron chi connectivity index (χ2n) is 6.03. The lowest BCUT2D eigenvalue weighted by Gasteiger charge is -2.17. The number of hydrogen-bond donors (Lipinski definition) is 2. The largest absolute Gasteiger partial charge is 0.481 e. The van der Waals surface area contributed by atoms with Crippen LogP contribution in [0.4, 0.5) is 5.95 Å². The van der Waals surface area contributed by atoms with Gasteiger partial charge in [-0.15, -0.1) is 0 Å². The number of rotatable bonds is 6. The van der Waals surface area contributed by atoms with Crippen LogP contribution in [0.15, 0.2) is 24.3 Å². The SMILES string of the molecule is Cc1nc(NCC(CC2CCOC2)C(=O)O)nc2ccccc12. The first-order valence-electron chi connectivity index (χ1n) is 7.91. The second kappa shape index (κ2) is 6.91. The highest BCUT2D eigenvalue weighted by Crippen LogP contribution is 2.22. The number of nitrogens with one attached hydrogen (secondary N) is 1. The Morgan fingerprint density at radius 1 is 1.43 bits per heavy atom. The molecule has 2 atom stereocenters. The molecule has 1 aliphatic rings. The second-order valence-corrected chi connectivity index (χ2v) is 6.03. The molecule has 122 valence electrons. The molecule has 1 fully saturated rings. The predicted molar refractivity (Wildman–Crippen MR) is 87.4 cm³/mol. The number of para-hydroxylation sites is 1. The fourth-order valence-electron chi connectivity index (χ4n) is 2.97. The van der Waals surface area contributed by atoms with Gasteiger partial charge in [0.15, 0.2) is 0 Å². The van der Waals surface area contributed by atoms with Crippen LogP contribution in [0.2, 0.25) is 0 Å². The lowest BCUT2D eigenvalue weighted by atomic mass is 9.94. The Morgan fingerprint density at radius 3 is 3.00 bits per heavy atom. The Bertz CT molecular complexity index is 699. The molecule has 23 heavy (non-hydrogen) atoms. The van der Waals surface area contributed by atoms with E-state index in [1.807, 2.05) is 31.2 Å². The molecule has 2 unspecified atom stereocenters. The van der Waals surface area contributed by atoms with Crippen LogP contribution in [0.5, 0.6) is 0 Å². The summed E-state index contributed by atoms with van der Waals surface area (Å²) in [7, 11) is 0. The molecule has 6 heteroatoms. The molecule has 1 aromatic heterocycles. The highest BCUT2D eigenvalue weighted by atomic mass is 16.5. The van der Waals surface area contributed by atoms with Crippen LogP contribution in [-0.2, 0) is 9.53 Å². The number of aliphatic carboxylic acids is 1. The number of carboxylic acids is 1. The molecule has 0 bridgehead atoms. The smallest absolute Gasteiger partial charge is 0.308 e. The predicted octanol–water partition coefficient (Wildman–Crippen LogP) is 2.48. The van der Waals surface area contributed by atoms with Crippen molar-refractivity contribution < 1.29 is 14.6 Å². The molecule has 0 radical (unpaired) electrons. The fourth-order valence-corrected chi connectivity index (χ4v) is 2.97. The first-order valence-corrected chi connectivity index (χ1v) is 7.91. The third-order valence-corrected chi connectivity index (χ3v) is 4.29. The Morgan fingerprint density at radius 2 is 2.26 bits per heavy atom. The normalized spacial score (nSPS) is 18.9. The van der Waals surface area contributed by atoms with Gasteiger partial charge in [0, 0.05) is 25.1 Å². The summed E-state index contributed by atoms with van der Waals surface area (Å²) in [5, 5.41) is 13.5. The topological polar surface area (TPSA) is 84.3 Å². The van der Waals surface area contributed by atoms with Crippen molar-refractivity contribution in [2.45, 2.75) is 19.8 Å². The maximum absolute atomic E-state index is 11.5. The van der Waals surface area contributed by atoms with E-state index in [0.29, 0.717) is 31.4 Å². The average molecular weight is 315 g/mol. The lowest BCUT2D eigenvalue weighted by molar-refractivity contribution is -0.141. The van der Waals surface area contributed by atoms with Crippen molar-refractivity contribution in [2.24, 2.45) is 11.8 Å². The molecule has 1 aliphatic heterocycles. The van der Waals surface area contributed by atoms with Gasteiger partial charge >= 0.3 is 5.97 Å². The standard InChI is InChI=1S/C17H21N3O3/c1-11-14-4-2-3-5-15(14)20-17(19-11)18-9-13(16(21)22)8-12-6-7-23-10-12/h2-5,12-13H,6-10H2,1H3,(H,21,22)(H,18,19,20). The molecule has 1 saturated heterocycles. The first-order chi connectivity index (χ1) is 11.1. The van der Waals surface area contributed by atoms with Gasteiger partial charge in [-0.25, -0.2) is 9.97 Å². The van der Waals surface area contributed by atoms with Gasteiger partial charge in [0.1, 0.15) is 0 Å². The highest BCUT2D eigenvalue weighted by molar-refractivity contribution is 5.81. The highest BCUT2D eigenvalue weighted by Gasteiger charge is 2.25. The Kier molecular flexibility index (Phi) is 4.71. The number of ether oxygens (including phenoxy) is 1. The quantitative estimate of drug-likeness (QED) is 0.852. The molecule has 1 aromatic carbocycles. The Hall–Kier alpha value is -2.21. The molecule has 0 saturated carbocycles. The van der Waals surface area contributed by atoms with E-state index in [0.717, 1.165) is 29.6 Å². The van der Waals surface area contributed by atoms with Crippen molar-refractivity contribution in [3.8, 4) is 0 Å². The minimum absolute atomic E-state index is 0.323. The summed E-state index contributed by atoms with van der Waals surface area (Å²) >= 11 is 0. The van der Waals surface area contributed by atoms with E-state index in [1.165, 1.54) is 0 Å². The van der Waals surface area contributed by atoms with Crippen molar-refractivity contribution in [1.82, 2.24) is 9.97 Å². The lowest BCUT2D eigenvalue weighted by Crippen LogP contribution is -2.26. The maximum atomic E-state index is 11.5. The van der Waals surface area contributed by atoms with Crippen molar-refractivity contribution in [1.29, 1.82) is 0 Å². The van der Waals surface area contributed by atoms with Crippen LogP contribution >= 0.6 is 0 Å². The molecule has 6 nitrogen and oxygen atoms in total. The Labute approximate surface area is 134 Å². The molecule has 2 aromatic rings. The van der Waals surface area contributed by atoms with Crippen LogP contribution < -0.4 is 5.32 Å². The number of benzene rings is 1. The Balaban J connectivity index is 1.69. The average Bonchev–Trinajstić information content (AvgIpc) is 3.04. The summed E-state index contributed by atoms with van der Waals surface area (Å²) < 4.78 is 5.33. The van der Waals surface area contributed by atoms with Gasteiger partial charge in [-0.3, -0.25) is 4.79 Å². The van der Waals surface area contributed by atoms with Crippen molar-refractivity contribution in [2.75, 3.05) is 25.1 Å². The van der Waals surface area contributed by atoms with Crippen LogP contribution in [0.3, 0.4) is 0 Å². The number of hydrogen-bond acceptors (Lipinski definition) is 5. The number of carbonyl (C=O) groups is 1. The number of anilines is 1. The van der Waals surface area contributed by atoms with Gasteiger partial charge in [-0.05, 0) is 31.7 Å². The van der Waals surface area contributed by atoms with Gasteiger partial charge in [-0.2, -0.15) is 0 Å². The summed E-state index contributed by atoms with van der Waals surface area (Å²) in [6.07, 6.45) is 1.56. The summed E-state index contributed by atoms with van der Waals surface area (Å²) in [6, 6.07) is 7.79. The molecule has 0 spiro atoms. The zero-order chi connectivity index (χ0) is 16.2. The molecule has 2 N–H and O–H groups in total. The van der Waals surface area contributed by atoms with E-state index < -0.39 is 11.9 Å². The first kappa shape index (κ1) is 15.7. The van der Waals surface area contributed by atoms with E-state index >= 15 is 0 Å². The number of aromatic nitrogens is 2. The number of carboxylic acid groups (broad SMARTS) is 1. The van der Waals surface area contributed by atoms with E-state index in [9.17, 15) is 9.90 Å². The third kappa shape index (κ3) is 3.76. The molecular formula is C17H21N3O3.